The molecule has 1 saturated heterocycles. The molecule has 1 atom stereocenters. The molecule has 0 radical (unpaired) electrons. The number of amides is 2. The van der Waals surface area contributed by atoms with Crippen LogP contribution in [0.25, 0.3) is 0 Å². The zero-order chi connectivity index (χ0) is 22.7. The van der Waals surface area contributed by atoms with Gasteiger partial charge in [0, 0.05) is 25.6 Å². The number of nitrogens with zero attached hydrogens (tertiary/aromatic N) is 3. The van der Waals surface area contributed by atoms with Crippen molar-refractivity contribution in [3.63, 3.8) is 0 Å². The van der Waals surface area contributed by atoms with Gasteiger partial charge in [0.15, 0.2) is 0 Å². The van der Waals surface area contributed by atoms with Gasteiger partial charge in [0.1, 0.15) is 17.4 Å². The highest BCUT2D eigenvalue weighted by atomic mass is 35.5. The second-order valence-corrected chi connectivity index (χ2v) is 8.04. The Morgan fingerprint density at radius 3 is 2.66 bits per heavy atom. The molecule has 1 aliphatic heterocycles. The lowest BCUT2D eigenvalue weighted by Gasteiger charge is -2.17. The normalized spacial score (nSPS) is 15.8. The average Bonchev–Trinajstić information content (AvgIpc) is 3.37. The summed E-state index contributed by atoms with van der Waals surface area (Å²) < 4.78 is 20.4. The first-order chi connectivity index (χ1) is 15.4. The van der Waals surface area contributed by atoms with Gasteiger partial charge in [-0.15, -0.1) is 0 Å². The van der Waals surface area contributed by atoms with Crippen LogP contribution in [-0.2, 0) is 22.7 Å². The number of benzene rings is 2. The van der Waals surface area contributed by atoms with Crippen molar-refractivity contribution in [1.82, 2.24) is 14.7 Å². The third-order valence-corrected chi connectivity index (χ3v) is 5.71. The number of likely N-dealkylation sites (tertiary alicyclic amines) is 1. The summed E-state index contributed by atoms with van der Waals surface area (Å²) in [6.07, 6.45) is 1.70. The van der Waals surface area contributed by atoms with Crippen molar-refractivity contribution in [3.8, 4) is 5.75 Å². The predicted molar refractivity (Wildman–Crippen MR) is 118 cm³/mol. The van der Waals surface area contributed by atoms with Crippen molar-refractivity contribution < 1.29 is 18.7 Å². The summed E-state index contributed by atoms with van der Waals surface area (Å²) in [5.74, 6) is -0.0609. The minimum atomic E-state index is -0.511. The van der Waals surface area contributed by atoms with Gasteiger partial charge in [-0.05, 0) is 35.4 Å². The largest absolute Gasteiger partial charge is 0.497 e. The Morgan fingerprint density at radius 1 is 1.19 bits per heavy atom. The van der Waals surface area contributed by atoms with Crippen LogP contribution >= 0.6 is 11.6 Å². The topological polar surface area (TPSA) is 76.5 Å². The molecule has 0 bridgehead atoms. The van der Waals surface area contributed by atoms with Crippen molar-refractivity contribution in [1.29, 1.82) is 0 Å². The molecule has 166 valence electrons. The maximum Gasteiger partial charge on any atom is 0.230 e. The minimum Gasteiger partial charge on any atom is -0.497 e. The van der Waals surface area contributed by atoms with Crippen molar-refractivity contribution in [2.24, 2.45) is 5.92 Å². The maximum absolute atomic E-state index is 13.7. The number of hydrogen-bond acceptors (Lipinski definition) is 4. The summed E-state index contributed by atoms with van der Waals surface area (Å²) in [4.78, 5) is 26.9. The Labute approximate surface area is 189 Å². The summed E-state index contributed by atoms with van der Waals surface area (Å²) in [5.41, 5.74) is 1.63. The van der Waals surface area contributed by atoms with E-state index in [1.165, 1.54) is 12.1 Å². The van der Waals surface area contributed by atoms with E-state index in [2.05, 4.69) is 10.4 Å². The molecule has 32 heavy (non-hydrogen) atoms. The molecule has 0 saturated carbocycles. The van der Waals surface area contributed by atoms with Crippen LogP contribution in [0.2, 0.25) is 5.02 Å². The Morgan fingerprint density at radius 2 is 1.94 bits per heavy atom. The average molecular weight is 457 g/mol. The van der Waals surface area contributed by atoms with Crippen LogP contribution in [0.15, 0.2) is 54.7 Å². The molecule has 0 spiro atoms. The monoisotopic (exact) mass is 456 g/mol. The molecular formula is C23H22ClFN4O3. The summed E-state index contributed by atoms with van der Waals surface area (Å²) in [6.45, 7) is 1.05. The van der Waals surface area contributed by atoms with Crippen LogP contribution < -0.4 is 10.1 Å². The van der Waals surface area contributed by atoms with Gasteiger partial charge in [-0.1, -0.05) is 29.8 Å². The number of carbonyl (C=O) groups excluding carboxylic acids is 2. The van der Waals surface area contributed by atoms with E-state index in [9.17, 15) is 14.0 Å². The van der Waals surface area contributed by atoms with Crippen LogP contribution in [0.4, 0.5) is 10.2 Å². The minimum absolute atomic E-state index is 0.0489. The molecule has 0 aliphatic carbocycles. The van der Waals surface area contributed by atoms with E-state index < -0.39 is 11.7 Å². The first-order valence-corrected chi connectivity index (χ1v) is 10.5. The fourth-order valence-corrected chi connectivity index (χ4v) is 3.77. The molecule has 1 N–H and O–H groups in total. The molecule has 2 heterocycles. The van der Waals surface area contributed by atoms with Crippen molar-refractivity contribution in [3.05, 3.63) is 76.7 Å². The van der Waals surface area contributed by atoms with E-state index in [1.807, 2.05) is 24.3 Å². The first-order valence-electron chi connectivity index (χ1n) is 10.1. The molecule has 1 aliphatic rings. The second kappa shape index (κ2) is 9.40. The van der Waals surface area contributed by atoms with Crippen molar-refractivity contribution in [2.75, 3.05) is 19.0 Å². The highest BCUT2D eigenvalue weighted by Gasteiger charge is 2.34. The fraction of sp³-hybridized carbons (Fsp3) is 0.261. The fourth-order valence-electron chi connectivity index (χ4n) is 3.66. The van der Waals surface area contributed by atoms with Crippen LogP contribution in [-0.4, -0.2) is 40.1 Å². The van der Waals surface area contributed by atoms with Crippen molar-refractivity contribution >= 4 is 29.2 Å². The zero-order valence-electron chi connectivity index (χ0n) is 17.4. The molecule has 2 amide bonds. The predicted octanol–water partition coefficient (Wildman–Crippen LogP) is 3.72. The summed E-state index contributed by atoms with van der Waals surface area (Å²) in [5, 5.41) is 7.10. The number of aromatic nitrogens is 2. The highest BCUT2D eigenvalue weighted by Crippen LogP contribution is 2.23. The van der Waals surface area contributed by atoms with Gasteiger partial charge in [0.25, 0.3) is 0 Å². The van der Waals surface area contributed by atoms with E-state index in [0.717, 1.165) is 11.3 Å². The van der Waals surface area contributed by atoms with Gasteiger partial charge in [-0.3, -0.25) is 9.59 Å². The number of rotatable bonds is 7. The molecule has 4 rings (SSSR count). The molecule has 1 aromatic heterocycles. The lowest BCUT2D eigenvalue weighted by Crippen LogP contribution is -2.28. The van der Waals surface area contributed by atoms with Gasteiger partial charge < -0.3 is 15.0 Å². The summed E-state index contributed by atoms with van der Waals surface area (Å²) in [6, 6.07) is 13.7. The van der Waals surface area contributed by atoms with Gasteiger partial charge in [-0.2, -0.15) is 5.10 Å². The first kappa shape index (κ1) is 21.8. The molecule has 7 nitrogen and oxygen atoms in total. The Kier molecular flexibility index (Phi) is 6.41. The third kappa shape index (κ3) is 4.91. The maximum atomic E-state index is 13.7. The lowest BCUT2D eigenvalue weighted by atomic mass is 10.1. The standard InChI is InChI=1S/C23H22ClFN4O3/c1-32-18-5-2-15(3-6-18)12-28-14-17(11-22(28)30)23(31)27-21-8-9-26-29(21)13-16-4-7-19(24)20(25)10-16/h2-10,17H,11-14H2,1H3,(H,27,31). The smallest absolute Gasteiger partial charge is 0.230 e. The number of methoxy groups -OCH3 is 1. The Balaban J connectivity index is 1.37. The number of nitrogens with one attached hydrogen (secondary N) is 1. The van der Waals surface area contributed by atoms with E-state index in [-0.39, 0.29) is 29.8 Å². The highest BCUT2D eigenvalue weighted by molar-refractivity contribution is 6.30. The van der Waals surface area contributed by atoms with Crippen LogP contribution in [0.1, 0.15) is 17.5 Å². The molecule has 2 aromatic carbocycles. The lowest BCUT2D eigenvalue weighted by molar-refractivity contribution is -0.128. The number of halogens is 2. The van der Waals surface area contributed by atoms with Crippen LogP contribution in [0.5, 0.6) is 5.75 Å². The second-order valence-electron chi connectivity index (χ2n) is 7.64. The summed E-state index contributed by atoms with van der Waals surface area (Å²) in [7, 11) is 1.60. The molecule has 1 fully saturated rings. The van der Waals surface area contributed by atoms with Gasteiger partial charge in [-0.25, -0.2) is 9.07 Å². The number of hydrogen-bond donors (Lipinski definition) is 1. The number of carbonyl (C=O) groups is 2. The van der Waals surface area contributed by atoms with Crippen molar-refractivity contribution in [2.45, 2.75) is 19.5 Å². The van der Waals surface area contributed by atoms with E-state index in [1.54, 1.807) is 35.0 Å². The van der Waals surface area contributed by atoms with Gasteiger partial charge in [0.2, 0.25) is 11.8 Å². The molecule has 3 aromatic rings. The number of anilines is 1. The van der Waals surface area contributed by atoms with Crippen LogP contribution in [0, 0.1) is 11.7 Å². The molecule has 9 heteroatoms. The van der Waals surface area contributed by atoms with E-state index in [4.69, 9.17) is 16.3 Å². The molecule has 1 unspecified atom stereocenters. The number of ether oxygens (including phenoxy) is 1. The van der Waals surface area contributed by atoms with Crippen LogP contribution in [0.3, 0.4) is 0 Å². The Hall–Kier alpha value is -3.39. The Bertz CT molecular complexity index is 1130. The van der Waals surface area contributed by atoms with E-state index in [0.29, 0.717) is 24.5 Å². The zero-order valence-corrected chi connectivity index (χ0v) is 18.2. The summed E-state index contributed by atoms with van der Waals surface area (Å²) >= 11 is 5.73. The SMILES string of the molecule is COc1ccc(CN2CC(C(=O)Nc3ccnn3Cc3ccc(Cl)c(F)c3)CC2=O)cc1. The van der Waals surface area contributed by atoms with Gasteiger partial charge >= 0.3 is 0 Å². The van der Waals surface area contributed by atoms with E-state index >= 15 is 0 Å². The molecular weight excluding hydrogens is 435 g/mol. The third-order valence-electron chi connectivity index (χ3n) is 5.40. The quantitative estimate of drug-likeness (QED) is 0.588. The van der Waals surface area contributed by atoms with Gasteiger partial charge in [0.05, 0.1) is 30.8 Å².